The molecule has 3 nitrogen and oxygen atoms in total. The van der Waals surface area contributed by atoms with Crippen LogP contribution in [0.2, 0.25) is 0 Å². The Morgan fingerprint density at radius 3 is 2.17 bits per heavy atom. The molecule has 0 saturated carbocycles. The molecule has 0 bridgehead atoms. The van der Waals surface area contributed by atoms with E-state index >= 15 is 0 Å². The maximum absolute atomic E-state index is 5.27. The van der Waals surface area contributed by atoms with E-state index in [9.17, 15) is 0 Å². The molecule has 0 aliphatic carbocycles. The Labute approximate surface area is 91.3 Å². The first-order chi connectivity index (χ1) is 5.68. The Morgan fingerprint density at radius 1 is 1.33 bits per heavy atom. The van der Waals surface area contributed by atoms with Crippen molar-refractivity contribution in [2.45, 2.75) is 0 Å². The minimum absolute atomic E-state index is 0.472. The number of hydrogen-bond acceptors (Lipinski definition) is 3. The van der Waals surface area contributed by atoms with Crippen LogP contribution in [0.3, 0.4) is 0 Å². The van der Waals surface area contributed by atoms with Crippen LogP contribution in [-0.4, -0.2) is 45.2 Å². The molecule has 0 spiro atoms. The summed E-state index contributed by atoms with van der Waals surface area (Å²) in [7, 11) is 13.9. The van der Waals surface area contributed by atoms with Crippen molar-refractivity contribution < 1.29 is 16.5 Å². The van der Waals surface area contributed by atoms with Gasteiger partial charge >= 0.3 is 35.3 Å². The fourth-order valence-corrected chi connectivity index (χ4v) is 0.530. The molecule has 0 atom stereocenters. The van der Waals surface area contributed by atoms with Gasteiger partial charge in [-0.3, -0.25) is 0 Å². The summed E-state index contributed by atoms with van der Waals surface area (Å²) in [5.41, 5.74) is 5.27. The van der Waals surface area contributed by atoms with E-state index in [1.807, 2.05) is 0 Å². The summed E-state index contributed by atoms with van der Waals surface area (Å²) < 4.78 is 0. The Balaban J connectivity index is 0. The van der Waals surface area contributed by atoms with Crippen LogP contribution in [0.5, 0.6) is 0 Å². The number of likely N-dealkylation sites (N-methyl/N-ethyl adjacent to an activating group) is 1. The van der Waals surface area contributed by atoms with Gasteiger partial charge < -0.3 is 16.0 Å². The first kappa shape index (κ1) is 15.6. The molecule has 80 valence electrons. The van der Waals surface area contributed by atoms with Crippen LogP contribution >= 0.6 is 18.8 Å². The zero-order valence-electron chi connectivity index (χ0n) is 7.43. The van der Waals surface area contributed by atoms with Gasteiger partial charge in [-0.15, -0.1) is 0 Å². The molecule has 0 radical (unpaired) electrons. The SMILES string of the molecule is CN(C)CCNCCN.[Cl][Pt][Cl]. The maximum atomic E-state index is 5.27. The van der Waals surface area contributed by atoms with Gasteiger partial charge in [0.25, 0.3) is 0 Å². The predicted molar refractivity (Wildman–Crippen MR) is 52.2 cm³/mol. The van der Waals surface area contributed by atoms with Gasteiger partial charge in [0.15, 0.2) is 0 Å². The van der Waals surface area contributed by atoms with Gasteiger partial charge in [-0.25, -0.2) is 0 Å². The van der Waals surface area contributed by atoms with Crippen LogP contribution in [-0.2, 0) is 16.5 Å². The predicted octanol–water partition coefficient (Wildman–Crippen LogP) is 0.473. The number of nitrogens with one attached hydrogen (secondary N) is 1. The second-order valence-corrected chi connectivity index (χ2v) is 5.67. The second-order valence-electron chi connectivity index (χ2n) is 2.39. The van der Waals surface area contributed by atoms with Gasteiger partial charge in [0.2, 0.25) is 0 Å². The molecule has 12 heavy (non-hydrogen) atoms. The Bertz CT molecular complexity index is 75.8. The van der Waals surface area contributed by atoms with E-state index in [1.54, 1.807) is 0 Å². The van der Waals surface area contributed by atoms with Crippen molar-refractivity contribution >= 4 is 18.8 Å². The third-order valence-corrected chi connectivity index (χ3v) is 1.06. The molecule has 0 aromatic rings. The van der Waals surface area contributed by atoms with E-state index < -0.39 is 16.5 Å². The Kier molecular flexibility index (Phi) is 19.1. The molecule has 0 fully saturated rings. The first-order valence-corrected chi connectivity index (χ1v) is 9.20. The molecule has 3 N–H and O–H groups in total. The Morgan fingerprint density at radius 2 is 1.83 bits per heavy atom. The normalized spacial score (nSPS) is 9.83. The van der Waals surface area contributed by atoms with Crippen molar-refractivity contribution in [2.24, 2.45) is 5.73 Å². The van der Waals surface area contributed by atoms with Crippen LogP contribution in [0.4, 0.5) is 0 Å². The summed E-state index contributed by atoms with van der Waals surface area (Å²) in [4.78, 5) is 2.14. The van der Waals surface area contributed by atoms with E-state index in [0.717, 1.165) is 26.2 Å². The Hall–Kier alpha value is 1.15. The summed E-state index contributed by atoms with van der Waals surface area (Å²) in [6.07, 6.45) is 0. The van der Waals surface area contributed by atoms with Gasteiger partial charge in [-0.1, -0.05) is 0 Å². The van der Waals surface area contributed by atoms with Gasteiger partial charge in [-0.2, -0.15) is 0 Å². The van der Waals surface area contributed by atoms with Crippen molar-refractivity contribution in [3.8, 4) is 0 Å². The number of nitrogens with zero attached hydrogens (tertiary/aromatic N) is 1. The average molecular weight is 397 g/mol. The van der Waals surface area contributed by atoms with Crippen LogP contribution in [0.15, 0.2) is 0 Å². The number of nitrogens with two attached hydrogens (primary N) is 1. The zero-order valence-corrected chi connectivity index (χ0v) is 11.2. The number of rotatable bonds is 5. The van der Waals surface area contributed by atoms with Crippen molar-refractivity contribution in [1.29, 1.82) is 0 Å². The molecule has 0 saturated heterocycles. The number of halogens is 2. The fraction of sp³-hybridized carbons (Fsp3) is 1.00. The summed E-state index contributed by atoms with van der Waals surface area (Å²) in [6, 6.07) is 0. The van der Waals surface area contributed by atoms with E-state index in [2.05, 4.69) is 24.3 Å². The molecule has 0 aliphatic rings. The monoisotopic (exact) mass is 396 g/mol. The molecule has 0 aliphatic heterocycles. The average Bonchev–Trinajstić information content (AvgIpc) is 1.99. The summed E-state index contributed by atoms with van der Waals surface area (Å²) in [5.74, 6) is 0. The van der Waals surface area contributed by atoms with Crippen LogP contribution < -0.4 is 11.1 Å². The topological polar surface area (TPSA) is 41.3 Å². The minimum atomic E-state index is -0.472. The third kappa shape index (κ3) is 22.5. The van der Waals surface area contributed by atoms with E-state index in [4.69, 9.17) is 24.6 Å². The van der Waals surface area contributed by atoms with E-state index in [-0.39, 0.29) is 0 Å². The van der Waals surface area contributed by atoms with E-state index in [1.165, 1.54) is 0 Å². The summed E-state index contributed by atoms with van der Waals surface area (Å²) in [5, 5.41) is 3.20. The van der Waals surface area contributed by atoms with Gasteiger partial charge in [-0.05, 0) is 14.1 Å². The zero-order chi connectivity index (χ0) is 9.82. The molecular weight excluding hydrogens is 380 g/mol. The standard InChI is InChI=1S/C6H17N3.2ClH.Pt/c1-9(2)6-5-8-4-3-7;;;/h8H,3-7H2,1-2H3;2*1H;/q;;;+2/p-2. The van der Waals surface area contributed by atoms with Gasteiger partial charge in [0, 0.05) is 26.2 Å². The molecule has 0 aromatic heterocycles. The van der Waals surface area contributed by atoms with Gasteiger partial charge in [0.1, 0.15) is 0 Å². The van der Waals surface area contributed by atoms with Crippen molar-refractivity contribution in [1.82, 2.24) is 10.2 Å². The molecular formula is C6H17Cl2N3Pt. The molecule has 0 amide bonds. The molecule has 0 aromatic carbocycles. The van der Waals surface area contributed by atoms with Crippen molar-refractivity contribution in [2.75, 3.05) is 40.3 Å². The van der Waals surface area contributed by atoms with Crippen LogP contribution in [0.1, 0.15) is 0 Å². The molecule has 0 heterocycles. The van der Waals surface area contributed by atoms with Crippen molar-refractivity contribution in [3.05, 3.63) is 0 Å². The first-order valence-electron chi connectivity index (χ1n) is 3.57. The van der Waals surface area contributed by atoms with Crippen molar-refractivity contribution in [3.63, 3.8) is 0 Å². The number of hydrogen-bond donors (Lipinski definition) is 2. The second kappa shape index (κ2) is 14.7. The van der Waals surface area contributed by atoms with Crippen LogP contribution in [0, 0.1) is 0 Å². The van der Waals surface area contributed by atoms with Gasteiger partial charge in [0.05, 0.1) is 0 Å². The third-order valence-electron chi connectivity index (χ3n) is 1.06. The molecule has 6 heteroatoms. The van der Waals surface area contributed by atoms with E-state index in [0.29, 0.717) is 0 Å². The summed E-state index contributed by atoms with van der Waals surface area (Å²) in [6.45, 7) is 3.77. The fourth-order valence-electron chi connectivity index (χ4n) is 0.530. The quantitative estimate of drug-likeness (QED) is 0.664. The molecule has 0 rings (SSSR count). The molecule has 0 unspecified atom stereocenters. The summed E-state index contributed by atoms with van der Waals surface area (Å²) >= 11 is -0.472. The van der Waals surface area contributed by atoms with Crippen LogP contribution in [0.25, 0.3) is 0 Å².